The van der Waals surface area contributed by atoms with Crippen LogP contribution in [0.1, 0.15) is 5.56 Å². The zero-order valence-electron chi connectivity index (χ0n) is 14.4. The second-order valence-electron chi connectivity index (χ2n) is 5.53. The number of nitrogens with one attached hydrogen (secondary N) is 2. The SMILES string of the molecule is COc1ccc(NC(=O)NCCc2ccc(Cl)cc2)cc1OCC(F)(F)F. The minimum Gasteiger partial charge on any atom is -0.493 e. The molecule has 2 amide bonds. The number of carbonyl (C=O) groups is 1. The Labute approximate surface area is 159 Å². The molecule has 0 unspecified atom stereocenters. The molecule has 27 heavy (non-hydrogen) atoms. The highest BCUT2D eigenvalue weighted by atomic mass is 35.5. The van der Waals surface area contributed by atoms with E-state index in [-0.39, 0.29) is 17.2 Å². The van der Waals surface area contributed by atoms with Gasteiger partial charge >= 0.3 is 12.2 Å². The number of hydrogen-bond acceptors (Lipinski definition) is 3. The zero-order valence-corrected chi connectivity index (χ0v) is 15.2. The van der Waals surface area contributed by atoms with Crippen molar-refractivity contribution in [3.05, 3.63) is 53.1 Å². The maximum Gasteiger partial charge on any atom is 0.422 e. The Kier molecular flexibility index (Phi) is 7.18. The second kappa shape index (κ2) is 9.36. The number of urea groups is 1. The van der Waals surface area contributed by atoms with Gasteiger partial charge in [0.2, 0.25) is 0 Å². The van der Waals surface area contributed by atoms with Gasteiger partial charge in [0, 0.05) is 23.3 Å². The Morgan fingerprint density at radius 3 is 2.44 bits per heavy atom. The number of carbonyl (C=O) groups excluding carboxylic acids is 1. The summed E-state index contributed by atoms with van der Waals surface area (Å²) in [4.78, 5) is 11.9. The first-order valence-electron chi connectivity index (χ1n) is 7.94. The van der Waals surface area contributed by atoms with Crippen molar-refractivity contribution < 1.29 is 27.4 Å². The first kappa shape index (κ1) is 20.7. The molecule has 0 aromatic heterocycles. The molecule has 2 rings (SSSR count). The van der Waals surface area contributed by atoms with Gasteiger partial charge in [0.15, 0.2) is 18.1 Å². The van der Waals surface area contributed by atoms with Crippen molar-refractivity contribution >= 4 is 23.3 Å². The second-order valence-corrected chi connectivity index (χ2v) is 5.96. The fourth-order valence-electron chi connectivity index (χ4n) is 2.17. The van der Waals surface area contributed by atoms with Crippen LogP contribution < -0.4 is 20.1 Å². The number of methoxy groups -OCH3 is 1. The van der Waals surface area contributed by atoms with E-state index >= 15 is 0 Å². The lowest BCUT2D eigenvalue weighted by Crippen LogP contribution is -2.30. The molecule has 5 nitrogen and oxygen atoms in total. The van der Waals surface area contributed by atoms with Crippen LogP contribution in [-0.2, 0) is 6.42 Å². The lowest BCUT2D eigenvalue weighted by atomic mass is 10.1. The molecule has 0 aliphatic carbocycles. The first-order chi connectivity index (χ1) is 12.8. The molecule has 0 atom stereocenters. The van der Waals surface area contributed by atoms with Gasteiger partial charge in [-0.3, -0.25) is 0 Å². The van der Waals surface area contributed by atoms with Crippen molar-refractivity contribution in [3.8, 4) is 11.5 Å². The molecule has 0 fully saturated rings. The van der Waals surface area contributed by atoms with Crippen molar-refractivity contribution in [2.75, 3.05) is 25.6 Å². The standard InChI is InChI=1S/C18H18ClF3N2O3/c1-26-15-7-6-14(10-16(15)27-11-18(20,21)22)24-17(25)23-9-8-12-2-4-13(19)5-3-12/h2-7,10H,8-9,11H2,1H3,(H2,23,24,25). The smallest absolute Gasteiger partial charge is 0.422 e. The van der Waals surface area contributed by atoms with Crippen LogP contribution >= 0.6 is 11.6 Å². The average Bonchev–Trinajstić information content (AvgIpc) is 2.61. The highest BCUT2D eigenvalue weighted by Gasteiger charge is 2.29. The van der Waals surface area contributed by atoms with Crippen molar-refractivity contribution in [2.24, 2.45) is 0 Å². The van der Waals surface area contributed by atoms with Crippen LogP contribution in [0.15, 0.2) is 42.5 Å². The summed E-state index contributed by atoms with van der Waals surface area (Å²) in [7, 11) is 1.31. The van der Waals surface area contributed by atoms with Crippen LogP contribution in [0.5, 0.6) is 11.5 Å². The Balaban J connectivity index is 1.89. The predicted molar refractivity (Wildman–Crippen MR) is 96.7 cm³/mol. The summed E-state index contributed by atoms with van der Waals surface area (Å²) in [6.07, 6.45) is -3.87. The number of anilines is 1. The van der Waals surface area contributed by atoms with Crippen molar-refractivity contribution in [1.29, 1.82) is 0 Å². The molecule has 0 saturated carbocycles. The topological polar surface area (TPSA) is 59.6 Å². The molecule has 0 radical (unpaired) electrons. The lowest BCUT2D eigenvalue weighted by molar-refractivity contribution is -0.153. The van der Waals surface area contributed by atoms with Gasteiger partial charge in [0.05, 0.1) is 7.11 Å². The molecule has 2 aromatic carbocycles. The number of amides is 2. The predicted octanol–water partition coefficient (Wildman–Crippen LogP) is 4.65. The molecule has 2 N–H and O–H groups in total. The molecule has 2 aromatic rings. The third-order valence-electron chi connectivity index (χ3n) is 3.43. The molecule has 0 spiro atoms. The van der Waals surface area contributed by atoms with Gasteiger partial charge in [0.1, 0.15) is 0 Å². The van der Waals surface area contributed by atoms with E-state index in [1.807, 2.05) is 12.1 Å². The number of ether oxygens (including phenoxy) is 2. The lowest BCUT2D eigenvalue weighted by Gasteiger charge is -2.14. The van der Waals surface area contributed by atoms with Crippen LogP contribution in [0.2, 0.25) is 5.02 Å². The average molecular weight is 403 g/mol. The van der Waals surface area contributed by atoms with E-state index < -0.39 is 18.8 Å². The molecular formula is C18H18ClF3N2O3. The monoisotopic (exact) mass is 402 g/mol. The maximum atomic E-state index is 12.3. The fourth-order valence-corrected chi connectivity index (χ4v) is 2.30. The van der Waals surface area contributed by atoms with Gasteiger partial charge in [-0.15, -0.1) is 0 Å². The fraction of sp³-hybridized carbons (Fsp3) is 0.278. The number of benzene rings is 2. The van der Waals surface area contributed by atoms with Gasteiger partial charge in [-0.25, -0.2) is 4.79 Å². The van der Waals surface area contributed by atoms with E-state index in [4.69, 9.17) is 21.1 Å². The molecule has 9 heteroatoms. The normalized spacial score (nSPS) is 11.0. The van der Waals surface area contributed by atoms with Crippen molar-refractivity contribution in [2.45, 2.75) is 12.6 Å². The van der Waals surface area contributed by atoms with Crippen molar-refractivity contribution in [3.63, 3.8) is 0 Å². The van der Waals surface area contributed by atoms with Gasteiger partial charge in [-0.05, 0) is 36.2 Å². The summed E-state index contributed by atoms with van der Waals surface area (Å²) >= 11 is 5.81. The molecule has 0 bridgehead atoms. The van der Waals surface area contributed by atoms with Crippen molar-refractivity contribution in [1.82, 2.24) is 5.32 Å². The quantitative estimate of drug-likeness (QED) is 0.708. The van der Waals surface area contributed by atoms with E-state index in [1.54, 1.807) is 12.1 Å². The highest BCUT2D eigenvalue weighted by molar-refractivity contribution is 6.30. The minimum absolute atomic E-state index is 0.117. The third kappa shape index (κ3) is 7.26. The van der Waals surface area contributed by atoms with Gasteiger partial charge < -0.3 is 20.1 Å². The first-order valence-corrected chi connectivity index (χ1v) is 8.31. The van der Waals surface area contributed by atoms with E-state index in [2.05, 4.69) is 10.6 Å². The van der Waals surface area contributed by atoms with Crippen LogP contribution in [0.4, 0.5) is 23.7 Å². The number of alkyl halides is 3. The number of hydrogen-bond donors (Lipinski definition) is 2. The van der Waals surface area contributed by atoms with E-state index in [0.29, 0.717) is 18.0 Å². The molecule has 146 valence electrons. The molecule has 0 heterocycles. The number of halogens is 4. The van der Waals surface area contributed by atoms with Crippen LogP contribution in [0.25, 0.3) is 0 Å². The minimum atomic E-state index is -4.48. The molecule has 0 aliphatic heterocycles. The summed E-state index contributed by atoms with van der Waals surface area (Å²) in [5.41, 5.74) is 1.28. The number of rotatable bonds is 7. The Morgan fingerprint density at radius 1 is 1.11 bits per heavy atom. The summed E-state index contributed by atoms with van der Waals surface area (Å²) in [6, 6.07) is 10.9. The van der Waals surface area contributed by atoms with E-state index in [0.717, 1.165) is 5.56 Å². The molecular weight excluding hydrogens is 385 g/mol. The summed E-state index contributed by atoms with van der Waals surface area (Å²) in [6.45, 7) is -1.08. The Bertz CT molecular complexity index is 767. The van der Waals surface area contributed by atoms with Gasteiger partial charge in [-0.2, -0.15) is 13.2 Å². The third-order valence-corrected chi connectivity index (χ3v) is 3.68. The maximum absolute atomic E-state index is 12.3. The van der Waals surface area contributed by atoms with Crippen LogP contribution in [-0.4, -0.2) is 32.5 Å². The summed E-state index contributed by atoms with van der Waals surface area (Å²) < 4.78 is 46.7. The Morgan fingerprint density at radius 2 is 1.81 bits per heavy atom. The van der Waals surface area contributed by atoms with Crippen LogP contribution in [0, 0.1) is 0 Å². The molecule has 0 aliphatic rings. The summed E-state index contributed by atoms with van der Waals surface area (Å²) in [5, 5.41) is 5.83. The van der Waals surface area contributed by atoms with Crippen LogP contribution in [0.3, 0.4) is 0 Å². The zero-order chi connectivity index (χ0) is 19.9. The van der Waals surface area contributed by atoms with Gasteiger partial charge in [0.25, 0.3) is 0 Å². The van der Waals surface area contributed by atoms with E-state index in [9.17, 15) is 18.0 Å². The Hall–Kier alpha value is -2.61. The molecule has 0 saturated heterocycles. The largest absolute Gasteiger partial charge is 0.493 e. The van der Waals surface area contributed by atoms with E-state index in [1.165, 1.54) is 25.3 Å². The van der Waals surface area contributed by atoms with Gasteiger partial charge in [-0.1, -0.05) is 23.7 Å². The summed E-state index contributed by atoms with van der Waals surface area (Å²) in [5.74, 6) is 0.0155. The highest BCUT2D eigenvalue weighted by Crippen LogP contribution is 2.31.